The minimum Gasteiger partial charge on any atom is -0.497 e. The summed E-state index contributed by atoms with van der Waals surface area (Å²) in [5.41, 5.74) is 2.43. The van der Waals surface area contributed by atoms with Gasteiger partial charge in [0.15, 0.2) is 0 Å². The Hall–Kier alpha value is -1.04. The second-order valence-corrected chi connectivity index (χ2v) is 4.75. The lowest BCUT2D eigenvalue weighted by Gasteiger charge is -2.05. The van der Waals surface area contributed by atoms with Crippen LogP contribution in [0.5, 0.6) is 5.75 Å². The Kier molecular flexibility index (Phi) is 3.48. The van der Waals surface area contributed by atoms with E-state index in [2.05, 4.69) is 46.7 Å². The van der Waals surface area contributed by atoms with E-state index in [0.717, 1.165) is 12.3 Å². The van der Waals surface area contributed by atoms with Gasteiger partial charge in [0, 0.05) is 5.69 Å². The lowest BCUT2D eigenvalue weighted by Crippen LogP contribution is -2.03. The molecule has 0 fully saturated rings. The van der Waals surface area contributed by atoms with E-state index < -0.39 is 0 Å². The van der Waals surface area contributed by atoms with Crippen molar-refractivity contribution in [2.75, 3.05) is 7.11 Å². The maximum absolute atomic E-state index is 5.12. The zero-order chi connectivity index (χ0) is 11.5. The van der Waals surface area contributed by atoms with Gasteiger partial charge in [-0.2, -0.15) is 5.10 Å². The van der Waals surface area contributed by atoms with E-state index in [-0.39, 0.29) is 0 Å². The van der Waals surface area contributed by atoms with E-state index in [1.165, 1.54) is 14.8 Å². The molecule has 0 radical (unpaired) electrons. The number of aromatic nitrogens is 2. The van der Waals surface area contributed by atoms with Crippen LogP contribution in [0.3, 0.4) is 0 Å². The first-order valence-electron chi connectivity index (χ1n) is 5.01. The minimum atomic E-state index is 0.804. The average Bonchev–Trinajstić information content (AvgIpc) is 2.62. The third-order valence-corrected chi connectivity index (χ3v) is 3.59. The molecule has 16 heavy (non-hydrogen) atoms. The van der Waals surface area contributed by atoms with Crippen LogP contribution < -0.4 is 4.74 Å². The molecule has 1 aromatic heterocycles. The predicted octanol–water partition coefficient (Wildman–Crippen LogP) is 2.85. The molecule has 0 unspecified atom stereocenters. The number of hydrogen-bond donors (Lipinski definition) is 0. The SMILES string of the molecule is COc1ccc(Cn2ncc(I)c2C)cc1. The van der Waals surface area contributed by atoms with Gasteiger partial charge < -0.3 is 4.74 Å². The molecule has 0 atom stereocenters. The van der Waals surface area contributed by atoms with Crippen molar-refractivity contribution in [1.29, 1.82) is 0 Å². The number of methoxy groups -OCH3 is 1. The number of benzene rings is 1. The summed E-state index contributed by atoms with van der Waals surface area (Å²) in [6.45, 7) is 2.89. The first-order valence-corrected chi connectivity index (χ1v) is 6.09. The van der Waals surface area contributed by atoms with Crippen LogP contribution in [0.2, 0.25) is 0 Å². The number of hydrogen-bond acceptors (Lipinski definition) is 2. The molecule has 0 aliphatic rings. The Morgan fingerprint density at radius 1 is 1.31 bits per heavy atom. The number of halogens is 1. The monoisotopic (exact) mass is 328 g/mol. The molecule has 0 saturated heterocycles. The number of nitrogens with zero attached hydrogens (tertiary/aromatic N) is 2. The molecule has 0 aliphatic carbocycles. The first-order chi connectivity index (χ1) is 7.70. The maximum atomic E-state index is 5.12. The zero-order valence-electron chi connectivity index (χ0n) is 9.27. The highest BCUT2D eigenvalue weighted by Crippen LogP contribution is 2.14. The van der Waals surface area contributed by atoms with Crippen LogP contribution in [0.1, 0.15) is 11.3 Å². The van der Waals surface area contributed by atoms with Gasteiger partial charge in [0.05, 0.1) is 23.4 Å². The molecule has 3 nitrogen and oxygen atoms in total. The van der Waals surface area contributed by atoms with Crippen molar-refractivity contribution in [1.82, 2.24) is 9.78 Å². The van der Waals surface area contributed by atoms with Crippen LogP contribution in [-0.2, 0) is 6.54 Å². The summed E-state index contributed by atoms with van der Waals surface area (Å²) in [5.74, 6) is 0.885. The second kappa shape index (κ2) is 4.86. The Morgan fingerprint density at radius 3 is 2.50 bits per heavy atom. The third kappa shape index (κ3) is 2.37. The topological polar surface area (TPSA) is 27.1 Å². The molecule has 0 saturated carbocycles. The van der Waals surface area contributed by atoms with Crippen molar-refractivity contribution < 1.29 is 4.74 Å². The fourth-order valence-electron chi connectivity index (χ4n) is 1.49. The lowest BCUT2D eigenvalue weighted by atomic mass is 10.2. The van der Waals surface area contributed by atoms with E-state index in [1.54, 1.807) is 7.11 Å². The normalized spacial score (nSPS) is 10.4. The average molecular weight is 328 g/mol. The van der Waals surface area contributed by atoms with Gasteiger partial charge in [-0.3, -0.25) is 4.68 Å². The molecule has 84 valence electrons. The molecule has 0 bridgehead atoms. The molecule has 4 heteroatoms. The fourth-order valence-corrected chi connectivity index (χ4v) is 1.89. The van der Waals surface area contributed by atoms with Gasteiger partial charge in [-0.15, -0.1) is 0 Å². The third-order valence-electron chi connectivity index (χ3n) is 2.53. The molecule has 2 aromatic rings. The van der Waals surface area contributed by atoms with Crippen molar-refractivity contribution in [2.45, 2.75) is 13.5 Å². The Morgan fingerprint density at radius 2 is 2.00 bits per heavy atom. The summed E-state index contributed by atoms with van der Waals surface area (Å²) in [6.07, 6.45) is 1.89. The van der Waals surface area contributed by atoms with Crippen molar-refractivity contribution in [3.05, 3.63) is 45.3 Å². The predicted molar refractivity (Wildman–Crippen MR) is 71.8 cm³/mol. The Balaban J connectivity index is 2.17. The van der Waals surface area contributed by atoms with Crippen LogP contribution in [-0.4, -0.2) is 16.9 Å². The molecule has 0 amide bonds. The number of ether oxygens (including phenoxy) is 1. The maximum Gasteiger partial charge on any atom is 0.118 e. The van der Waals surface area contributed by atoms with Crippen LogP contribution >= 0.6 is 22.6 Å². The van der Waals surface area contributed by atoms with E-state index in [4.69, 9.17) is 4.74 Å². The summed E-state index contributed by atoms with van der Waals surface area (Å²) in [6, 6.07) is 8.07. The van der Waals surface area contributed by atoms with Crippen LogP contribution in [0, 0.1) is 10.5 Å². The van der Waals surface area contributed by atoms with Gasteiger partial charge in [-0.1, -0.05) is 12.1 Å². The van der Waals surface area contributed by atoms with Crippen LogP contribution in [0.15, 0.2) is 30.5 Å². The summed E-state index contributed by atoms with van der Waals surface area (Å²) in [7, 11) is 1.68. The van der Waals surface area contributed by atoms with E-state index in [1.807, 2.05) is 23.0 Å². The van der Waals surface area contributed by atoms with Gasteiger partial charge in [-0.25, -0.2) is 0 Å². The van der Waals surface area contributed by atoms with Gasteiger partial charge in [0.1, 0.15) is 5.75 Å². The smallest absolute Gasteiger partial charge is 0.118 e. The van der Waals surface area contributed by atoms with Gasteiger partial charge in [0.2, 0.25) is 0 Å². The van der Waals surface area contributed by atoms with Gasteiger partial charge in [-0.05, 0) is 47.2 Å². The van der Waals surface area contributed by atoms with E-state index in [9.17, 15) is 0 Å². The lowest BCUT2D eigenvalue weighted by molar-refractivity contribution is 0.414. The molecule has 0 aliphatic heterocycles. The first kappa shape index (κ1) is 11.4. The quantitative estimate of drug-likeness (QED) is 0.810. The van der Waals surface area contributed by atoms with E-state index >= 15 is 0 Å². The van der Waals surface area contributed by atoms with Crippen molar-refractivity contribution in [3.63, 3.8) is 0 Å². The standard InChI is InChI=1S/C12H13IN2O/c1-9-12(13)7-14-15(9)8-10-3-5-11(16-2)6-4-10/h3-7H,8H2,1-2H3. The summed E-state index contributed by atoms with van der Waals surface area (Å²) in [4.78, 5) is 0. The highest BCUT2D eigenvalue weighted by molar-refractivity contribution is 14.1. The molecule has 0 N–H and O–H groups in total. The highest BCUT2D eigenvalue weighted by atomic mass is 127. The Labute approximate surface area is 109 Å². The summed E-state index contributed by atoms with van der Waals surface area (Å²) in [5, 5.41) is 4.33. The highest BCUT2D eigenvalue weighted by Gasteiger charge is 2.03. The largest absolute Gasteiger partial charge is 0.497 e. The second-order valence-electron chi connectivity index (χ2n) is 3.58. The van der Waals surface area contributed by atoms with Crippen LogP contribution in [0.4, 0.5) is 0 Å². The fraction of sp³-hybridized carbons (Fsp3) is 0.250. The summed E-state index contributed by atoms with van der Waals surface area (Å²) < 4.78 is 8.33. The molecule has 1 heterocycles. The molecule has 1 aromatic carbocycles. The zero-order valence-corrected chi connectivity index (χ0v) is 11.4. The number of rotatable bonds is 3. The van der Waals surface area contributed by atoms with Gasteiger partial charge >= 0.3 is 0 Å². The van der Waals surface area contributed by atoms with Crippen LogP contribution in [0.25, 0.3) is 0 Å². The van der Waals surface area contributed by atoms with Gasteiger partial charge in [0.25, 0.3) is 0 Å². The summed E-state index contributed by atoms with van der Waals surface area (Å²) >= 11 is 2.30. The molecular weight excluding hydrogens is 315 g/mol. The molecular formula is C12H13IN2O. The Bertz CT molecular complexity index is 476. The van der Waals surface area contributed by atoms with E-state index in [0.29, 0.717) is 0 Å². The molecule has 2 rings (SSSR count). The molecule has 0 spiro atoms. The van der Waals surface area contributed by atoms with Crippen molar-refractivity contribution in [2.24, 2.45) is 0 Å². The minimum absolute atomic E-state index is 0.804. The van der Waals surface area contributed by atoms with Crippen molar-refractivity contribution in [3.8, 4) is 5.75 Å². The van der Waals surface area contributed by atoms with Crippen molar-refractivity contribution >= 4 is 22.6 Å².